The van der Waals surface area contributed by atoms with Gasteiger partial charge in [0.1, 0.15) is 18.2 Å². The van der Waals surface area contributed by atoms with E-state index in [4.69, 9.17) is 14.2 Å². The van der Waals surface area contributed by atoms with Crippen molar-refractivity contribution in [2.24, 2.45) is 0 Å². The second-order valence-corrected chi connectivity index (χ2v) is 10.1. The van der Waals surface area contributed by atoms with Crippen molar-refractivity contribution < 1.29 is 33.3 Å². The Bertz CT molecular complexity index is 1010. The van der Waals surface area contributed by atoms with E-state index in [1.807, 2.05) is 29.2 Å². The zero-order valence-electron chi connectivity index (χ0n) is 23.5. The highest BCUT2D eigenvalue weighted by Gasteiger charge is 2.20. The third-order valence-electron chi connectivity index (χ3n) is 6.99. The highest BCUT2D eigenvalue weighted by atomic mass is 19.1. The number of amides is 2. The van der Waals surface area contributed by atoms with Crippen LogP contribution in [0, 0.1) is 5.82 Å². The van der Waals surface area contributed by atoms with Crippen LogP contribution in [-0.2, 0) is 27.3 Å². The number of rotatable bonds is 17. The lowest BCUT2D eigenvalue weighted by molar-refractivity contribution is -0.149. The zero-order chi connectivity index (χ0) is 28.6. The lowest BCUT2D eigenvalue weighted by Gasteiger charge is -2.28. The van der Waals surface area contributed by atoms with Gasteiger partial charge in [-0.05, 0) is 68.0 Å². The molecule has 2 aromatic rings. The molecule has 1 aliphatic carbocycles. The second kappa shape index (κ2) is 17.5. The Morgan fingerprint density at radius 3 is 2.35 bits per heavy atom. The van der Waals surface area contributed by atoms with E-state index in [1.54, 1.807) is 19.1 Å². The lowest BCUT2D eigenvalue weighted by atomic mass is 9.96. The van der Waals surface area contributed by atoms with Crippen molar-refractivity contribution in [3.63, 3.8) is 0 Å². The van der Waals surface area contributed by atoms with E-state index in [9.17, 15) is 19.1 Å². The molecule has 1 saturated carbocycles. The Hall–Kier alpha value is -3.17. The highest BCUT2D eigenvalue weighted by Crippen LogP contribution is 2.18. The first-order valence-corrected chi connectivity index (χ1v) is 14.4. The van der Waals surface area contributed by atoms with Gasteiger partial charge in [0.15, 0.2) is 6.10 Å². The molecular formula is C31H43FN2O6. The van der Waals surface area contributed by atoms with Crippen LogP contribution < -0.4 is 10.1 Å². The first-order valence-electron chi connectivity index (χ1n) is 14.4. The summed E-state index contributed by atoms with van der Waals surface area (Å²) >= 11 is 0. The summed E-state index contributed by atoms with van der Waals surface area (Å²) in [6, 6.07) is 13.7. The molecule has 0 saturated heterocycles. The van der Waals surface area contributed by atoms with Crippen molar-refractivity contribution in [1.29, 1.82) is 0 Å². The van der Waals surface area contributed by atoms with E-state index >= 15 is 0 Å². The van der Waals surface area contributed by atoms with Crippen LogP contribution in [-0.4, -0.2) is 67.1 Å². The fourth-order valence-corrected chi connectivity index (χ4v) is 4.73. The van der Waals surface area contributed by atoms with Gasteiger partial charge < -0.3 is 29.5 Å². The minimum Gasteiger partial charge on any atom is -0.492 e. The number of benzene rings is 2. The summed E-state index contributed by atoms with van der Waals surface area (Å²) in [6.45, 7) is 4.49. The van der Waals surface area contributed by atoms with Crippen LogP contribution in [0.2, 0.25) is 0 Å². The largest absolute Gasteiger partial charge is 0.492 e. The number of nitrogens with zero attached hydrogens (tertiary/aromatic N) is 1. The summed E-state index contributed by atoms with van der Waals surface area (Å²) in [7, 11) is 0. The van der Waals surface area contributed by atoms with Crippen LogP contribution in [0.5, 0.6) is 5.75 Å². The summed E-state index contributed by atoms with van der Waals surface area (Å²) in [6.07, 6.45) is 6.56. The highest BCUT2D eigenvalue weighted by molar-refractivity contribution is 5.74. The minimum atomic E-state index is -0.979. The molecule has 1 aliphatic rings. The van der Waals surface area contributed by atoms with E-state index in [2.05, 4.69) is 5.32 Å². The van der Waals surface area contributed by atoms with Crippen molar-refractivity contribution in [3.05, 3.63) is 65.5 Å². The number of nitrogens with one attached hydrogen (secondary N) is 1. The van der Waals surface area contributed by atoms with Gasteiger partial charge in [-0.25, -0.2) is 14.0 Å². The summed E-state index contributed by atoms with van der Waals surface area (Å²) in [4.78, 5) is 26.2. The molecule has 40 heavy (non-hydrogen) atoms. The topological polar surface area (TPSA) is 97.3 Å². The van der Waals surface area contributed by atoms with Crippen molar-refractivity contribution in [3.8, 4) is 5.75 Å². The quantitative estimate of drug-likeness (QED) is 0.246. The van der Waals surface area contributed by atoms with E-state index in [1.165, 1.54) is 18.6 Å². The summed E-state index contributed by atoms with van der Waals surface area (Å²) in [5, 5.41) is 12.5. The Kier molecular flexibility index (Phi) is 13.7. The number of halogens is 1. The molecule has 1 unspecified atom stereocenters. The molecule has 1 fully saturated rings. The zero-order valence-corrected chi connectivity index (χ0v) is 23.5. The predicted molar refractivity (Wildman–Crippen MR) is 151 cm³/mol. The van der Waals surface area contributed by atoms with Crippen molar-refractivity contribution in [1.82, 2.24) is 10.2 Å². The maximum absolute atomic E-state index is 13.1. The molecule has 220 valence electrons. The molecule has 9 heteroatoms. The molecule has 0 radical (unpaired) electrons. The monoisotopic (exact) mass is 558 g/mol. The number of carboxylic acids is 1. The Labute approximate surface area is 236 Å². The molecule has 2 N–H and O–H groups in total. The van der Waals surface area contributed by atoms with Crippen LogP contribution in [0.1, 0.15) is 63.0 Å². The van der Waals surface area contributed by atoms with E-state index in [0.717, 1.165) is 49.7 Å². The van der Waals surface area contributed by atoms with Gasteiger partial charge in [0, 0.05) is 32.2 Å². The van der Waals surface area contributed by atoms with Crippen molar-refractivity contribution in [2.75, 3.05) is 32.9 Å². The number of ether oxygens (including phenoxy) is 3. The first kappa shape index (κ1) is 31.4. The number of carbonyl (C=O) groups excluding carboxylic acids is 1. The first-order chi connectivity index (χ1) is 19.4. The fraction of sp³-hybridized carbons (Fsp3) is 0.548. The molecule has 3 rings (SSSR count). The summed E-state index contributed by atoms with van der Waals surface area (Å²) in [5.41, 5.74) is 1.78. The Morgan fingerprint density at radius 2 is 1.68 bits per heavy atom. The fourth-order valence-electron chi connectivity index (χ4n) is 4.73. The number of carboxylic acid groups (broad SMARTS) is 1. The number of hydrogen-bond acceptors (Lipinski definition) is 5. The van der Waals surface area contributed by atoms with E-state index in [0.29, 0.717) is 45.3 Å². The van der Waals surface area contributed by atoms with Crippen LogP contribution in [0.25, 0.3) is 0 Å². The maximum Gasteiger partial charge on any atom is 0.333 e. The molecular weight excluding hydrogens is 515 g/mol. The SMILES string of the molecule is CCOC(Cc1ccc(OCCN(CCCCOCc2ccc(F)cc2)C(=O)NC2CCCCC2)cc1)C(=O)O. The Balaban J connectivity index is 1.44. The third-order valence-corrected chi connectivity index (χ3v) is 6.99. The Morgan fingerprint density at radius 1 is 0.975 bits per heavy atom. The summed E-state index contributed by atoms with van der Waals surface area (Å²) in [5.74, 6) is -0.579. The standard InChI is InChI=1S/C31H43FN2O6/c1-2-39-29(30(35)36)22-24-12-16-28(17-13-24)40-21-19-34(31(37)33-27-8-4-3-5-9-27)18-6-7-20-38-23-25-10-14-26(32)15-11-25/h10-17,27,29H,2-9,18-23H2,1H3,(H,33,37)(H,35,36). The van der Waals surface area contributed by atoms with Gasteiger partial charge in [-0.3, -0.25) is 0 Å². The molecule has 0 aromatic heterocycles. The van der Waals surface area contributed by atoms with Crippen LogP contribution in [0.4, 0.5) is 9.18 Å². The number of aliphatic carboxylic acids is 1. The van der Waals surface area contributed by atoms with Gasteiger partial charge in [0.2, 0.25) is 0 Å². The molecule has 2 amide bonds. The summed E-state index contributed by atoms with van der Waals surface area (Å²) < 4.78 is 30.0. The average molecular weight is 559 g/mol. The van der Waals surface area contributed by atoms with Gasteiger partial charge in [0.05, 0.1) is 13.2 Å². The van der Waals surface area contributed by atoms with E-state index < -0.39 is 12.1 Å². The molecule has 0 heterocycles. The van der Waals surface area contributed by atoms with Crippen LogP contribution >= 0.6 is 0 Å². The molecule has 8 nitrogen and oxygen atoms in total. The molecule has 0 spiro atoms. The van der Waals surface area contributed by atoms with Crippen molar-refractivity contribution in [2.45, 2.75) is 77.0 Å². The second-order valence-electron chi connectivity index (χ2n) is 10.1. The molecule has 1 atom stereocenters. The van der Waals surface area contributed by atoms with Gasteiger partial charge in [-0.15, -0.1) is 0 Å². The average Bonchev–Trinajstić information content (AvgIpc) is 2.96. The lowest BCUT2D eigenvalue weighted by Crippen LogP contribution is -2.47. The predicted octanol–water partition coefficient (Wildman–Crippen LogP) is 5.58. The minimum absolute atomic E-state index is 0.0614. The van der Waals surface area contributed by atoms with Crippen LogP contribution in [0.15, 0.2) is 48.5 Å². The number of carbonyl (C=O) groups is 2. The van der Waals surface area contributed by atoms with Gasteiger partial charge in [-0.1, -0.05) is 43.5 Å². The smallest absolute Gasteiger partial charge is 0.333 e. The number of urea groups is 1. The normalized spacial score (nSPS) is 14.4. The van der Waals surface area contributed by atoms with E-state index in [-0.39, 0.29) is 24.3 Å². The van der Waals surface area contributed by atoms with Gasteiger partial charge >= 0.3 is 12.0 Å². The van der Waals surface area contributed by atoms with Gasteiger partial charge in [-0.2, -0.15) is 0 Å². The number of hydrogen-bond donors (Lipinski definition) is 2. The van der Waals surface area contributed by atoms with Crippen molar-refractivity contribution >= 4 is 12.0 Å². The molecule has 0 aliphatic heterocycles. The maximum atomic E-state index is 13.1. The third kappa shape index (κ3) is 11.5. The molecule has 0 bridgehead atoms. The van der Waals surface area contributed by atoms with Crippen LogP contribution in [0.3, 0.4) is 0 Å². The molecule has 2 aromatic carbocycles. The number of unbranched alkanes of at least 4 members (excludes halogenated alkanes) is 1. The van der Waals surface area contributed by atoms with Gasteiger partial charge in [0.25, 0.3) is 0 Å².